The molecule has 1 fully saturated rings. The molecular formula is C13H15ClN2O3S. The van der Waals surface area contributed by atoms with Gasteiger partial charge in [-0.3, -0.25) is 14.9 Å². The molecule has 0 radical (unpaired) electrons. The van der Waals surface area contributed by atoms with E-state index in [-0.39, 0.29) is 28.2 Å². The second-order valence-electron chi connectivity index (χ2n) is 4.74. The first kappa shape index (κ1) is 15.1. The van der Waals surface area contributed by atoms with Gasteiger partial charge in [0.05, 0.1) is 10.5 Å². The quantitative estimate of drug-likeness (QED) is 0.684. The highest BCUT2D eigenvalue weighted by Gasteiger charge is 2.27. The van der Waals surface area contributed by atoms with Crippen LogP contribution in [0, 0.1) is 10.1 Å². The molecule has 108 valence electrons. The number of amides is 1. The molecule has 0 aliphatic heterocycles. The van der Waals surface area contributed by atoms with Crippen LogP contribution in [0.25, 0.3) is 0 Å². The van der Waals surface area contributed by atoms with Crippen molar-refractivity contribution in [1.29, 1.82) is 0 Å². The molecule has 1 aliphatic rings. The maximum atomic E-state index is 12.2. The summed E-state index contributed by atoms with van der Waals surface area (Å²) in [6, 6.07) is 4.39. The van der Waals surface area contributed by atoms with Crippen molar-refractivity contribution in [3.05, 3.63) is 38.9 Å². The van der Waals surface area contributed by atoms with E-state index in [0.717, 1.165) is 19.3 Å². The Morgan fingerprint density at radius 3 is 2.85 bits per heavy atom. The van der Waals surface area contributed by atoms with Gasteiger partial charge in [0.25, 0.3) is 11.6 Å². The summed E-state index contributed by atoms with van der Waals surface area (Å²) in [6.45, 7) is 0. The van der Waals surface area contributed by atoms with Crippen molar-refractivity contribution in [2.75, 3.05) is 6.26 Å². The molecule has 1 aromatic rings. The van der Waals surface area contributed by atoms with E-state index in [9.17, 15) is 14.9 Å². The highest BCUT2D eigenvalue weighted by atomic mass is 35.5. The zero-order valence-corrected chi connectivity index (χ0v) is 12.5. The van der Waals surface area contributed by atoms with E-state index >= 15 is 0 Å². The molecule has 5 nitrogen and oxygen atoms in total. The lowest BCUT2D eigenvalue weighted by atomic mass is 10.1. The molecule has 20 heavy (non-hydrogen) atoms. The number of nitro benzene ring substituents is 1. The van der Waals surface area contributed by atoms with E-state index in [1.165, 1.54) is 18.2 Å². The van der Waals surface area contributed by atoms with Gasteiger partial charge >= 0.3 is 0 Å². The third-order valence-corrected chi connectivity index (χ3v) is 4.96. The van der Waals surface area contributed by atoms with Crippen molar-refractivity contribution in [3.8, 4) is 0 Å². The van der Waals surface area contributed by atoms with E-state index in [0.29, 0.717) is 5.25 Å². The van der Waals surface area contributed by atoms with E-state index < -0.39 is 4.92 Å². The Hall–Kier alpha value is -1.27. The molecule has 0 aromatic heterocycles. The molecule has 0 heterocycles. The van der Waals surface area contributed by atoms with Crippen LogP contribution in [0.5, 0.6) is 0 Å². The fourth-order valence-corrected chi connectivity index (χ4v) is 3.46. The van der Waals surface area contributed by atoms with Crippen LogP contribution in [0.4, 0.5) is 5.69 Å². The maximum Gasteiger partial charge on any atom is 0.288 e. The number of benzene rings is 1. The van der Waals surface area contributed by atoms with Crippen molar-refractivity contribution >= 4 is 35.0 Å². The molecule has 1 saturated carbocycles. The van der Waals surface area contributed by atoms with Gasteiger partial charge < -0.3 is 5.32 Å². The Morgan fingerprint density at radius 2 is 2.25 bits per heavy atom. The van der Waals surface area contributed by atoms with Crippen molar-refractivity contribution in [3.63, 3.8) is 0 Å². The average Bonchev–Trinajstić information content (AvgIpc) is 2.86. The molecule has 1 N–H and O–H groups in total. The Kier molecular flexibility index (Phi) is 4.88. The van der Waals surface area contributed by atoms with Crippen LogP contribution < -0.4 is 5.32 Å². The van der Waals surface area contributed by atoms with Crippen molar-refractivity contribution in [2.45, 2.75) is 30.6 Å². The first-order chi connectivity index (χ1) is 9.52. The van der Waals surface area contributed by atoms with Gasteiger partial charge in [0, 0.05) is 17.4 Å². The third-order valence-electron chi connectivity index (χ3n) is 3.47. The molecule has 2 rings (SSSR count). The van der Waals surface area contributed by atoms with E-state index in [4.69, 9.17) is 11.6 Å². The Bertz CT molecular complexity index is 538. The highest BCUT2D eigenvalue weighted by molar-refractivity contribution is 7.99. The van der Waals surface area contributed by atoms with Gasteiger partial charge in [-0.25, -0.2) is 0 Å². The minimum absolute atomic E-state index is 0.102. The summed E-state index contributed by atoms with van der Waals surface area (Å²) in [5, 5.41) is 14.2. The van der Waals surface area contributed by atoms with Gasteiger partial charge in [0.15, 0.2) is 0 Å². The van der Waals surface area contributed by atoms with Gasteiger partial charge in [0.2, 0.25) is 0 Å². The fraction of sp³-hybridized carbons (Fsp3) is 0.462. The molecule has 7 heteroatoms. The molecule has 0 spiro atoms. The Balaban J connectivity index is 2.10. The summed E-state index contributed by atoms with van der Waals surface area (Å²) in [5.74, 6) is -0.342. The van der Waals surface area contributed by atoms with Crippen molar-refractivity contribution < 1.29 is 9.72 Å². The second-order valence-corrected chi connectivity index (χ2v) is 6.25. The topological polar surface area (TPSA) is 72.2 Å². The number of carbonyl (C=O) groups is 1. The van der Waals surface area contributed by atoms with Crippen molar-refractivity contribution in [1.82, 2.24) is 5.32 Å². The van der Waals surface area contributed by atoms with Gasteiger partial charge in [-0.15, -0.1) is 0 Å². The van der Waals surface area contributed by atoms with Gasteiger partial charge in [0.1, 0.15) is 5.02 Å². The molecule has 2 atom stereocenters. The van der Waals surface area contributed by atoms with Gasteiger partial charge in [-0.1, -0.05) is 17.7 Å². The van der Waals surface area contributed by atoms with Gasteiger partial charge in [-0.2, -0.15) is 11.8 Å². The number of hydrogen-bond donors (Lipinski definition) is 1. The first-order valence-electron chi connectivity index (χ1n) is 6.29. The van der Waals surface area contributed by atoms with Crippen LogP contribution in [-0.2, 0) is 0 Å². The van der Waals surface area contributed by atoms with Crippen LogP contribution in [0.2, 0.25) is 5.02 Å². The number of nitrogens with one attached hydrogen (secondary N) is 1. The van der Waals surface area contributed by atoms with Crippen LogP contribution in [0.3, 0.4) is 0 Å². The zero-order valence-electron chi connectivity index (χ0n) is 11.0. The summed E-state index contributed by atoms with van der Waals surface area (Å²) in [6.07, 6.45) is 5.00. The van der Waals surface area contributed by atoms with Crippen LogP contribution in [0.15, 0.2) is 18.2 Å². The normalized spacial score (nSPS) is 21.7. The van der Waals surface area contributed by atoms with E-state index in [1.807, 2.05) is 0 Å². The lowest BCUT2D eigenvalue weighted by Gasteiger charge is -2.13. The fourth-order valence-electron chi connectivity index (χ4n) is 2.38. The Morgan fingerprint density at radius 1 is 1.50 bits per heavy atom. The summed E-state index contributed by atoms with van der Waals surface area (Å²) >= 11 is 7.74. The number of halogens is 1. The van der Waals surface area contributed by atoms with Crippen LogP contribution >= 0.6 is 23.4 Å². The molecular weight excluding hydrogens is 300 g/mol. The molecule has 1 aliphatic carbocycles. The van der Waals surface area contributed by atoms with Crippen LogP contribution in [0.1, 0.15) is 29.6 Å². The molecule has 2 unspecified atom stereocenters. The average molecular weight is 315 g/mol. The van der Waals surface area contributed by atoms with E-state index in [1.54, 1.807) is 11.8 Å². The summed E-state index contributed by atoms with van der Waals surface area (Å²) in [4.78, 5) is 22.4. The third kappa shape index (κ3) is 3.24. The van der Waals surface area contributed by atoms with Gasteiger partial charge in [-0.05, 0) is 31.6 Å². The summed E-state index contributed by atoms with van der Waals surface area (Å²) in [5.41, 5.74) is -0.0822. The number of rotatable bonds is 4. The largest absolute Gasteiger partial charge is 0.349 e. The summed E-state index contributed by atoms with van der Waals surface area (Å²) < 4.78 is 0. The number of nitrogens with zero attached hydrogens (tertiary/aromatic N) is 1. The summed E-state index contributed by atoms with van der Waals surface area (Å²) in [7, 11) is 0. The molecule has 0 bridgehead atoms. The Labute approximate surface area is 126 Å². The number of thioether (sulfide) groups is 1. The van der Waals surface area contributed by atoms with E-state index in [2.05, 4.69) is 11.6 Å². The monoisotopic (exact) mass is 314 g/mol. The number of hydrogen-bond acceptors (Lipinski definition) is 4. The molecule has 0 saturated heterocycles. The lowest BCUT2D eigenvalue weighted by molar-refractivity contribution is -0.384. The first-order valence-corrected chi connectivity index (χ1v) is 7.96. The predicted molar refractivity (Wildman–Crippen MR) is 80.5 cm³/mol. The predicted octanol–water partition coefficient (Wildman–Crippen LogP) is 3.26. The zero-order chi connectivity index (χ0) is 14.7. The van der Waals surface area contributed by atoms with Crippen LogP contribution in [-0.4, -0.2) is 28.4 Å². The highest BCUT2D eigenvalue weighted by Crippen LogP contribution is 2.30. The molecule has 1 aromatic carbocycles. The lowest BCUT2D eigenvalue weighted by Crippen LogP contribution is -2.33. The standard InChI is InChI=1S/C13H15ClN2O3S/c1-20-9-6-5-8(7-9)15-13(17)10-3-2-4-11(12(10)14)16(18)19/h2-4,8-9H,5-7H2,1H3,(H,15,17). The smallest absolute Gasteiger partial charge is 0.288 e. The number of nitro groups is 1. The SMILES string of the molecule is CSC1CCC(NC(=O)c2cccc([N+](=O)[O-])c2Cl)C1. The maximum absolute atomic E-state index is 12.2. The molecule has 1 amide bonds. The minimum atomic E-state index is -0.585. The van der Waals surface area contributed by atoms with Crippen molar-refractivity contribution in [2.24, 2.45) is 0 Å². The minimum Gasteiger partial charge on any atom is -0.349 e. The second kappa shape index (κ2) is 6.45. The number of carbonyl (C=O) groups excluding carboxylic acids is 1.